The van der Waals surface area contributed by atoms with Gasteiger partial charge >= 0.3 is 0 Å². The highest BCUT2D eigenvalue weighted by atomic mass is 32.1. The van der Waals surface area contributed by atoms with Crippen LogP contribution in [0.3, 0.4) is 0 Å². The molecule has 68 valence electrons. The van der Waals surface area contributed by atoms with Crippen molar-refractivity contribution in [1.29, 1.82) is 0 Å². The van der Waals surface area contributed by atoms with Gasteiger partial charge in [-0.1, -0.05) is 16.5 Å². The van der Waals surface area contributed by atoms with Crippen LogP contribution in [0.5, 0.6) is 0 Å². The number of hydrogen-bond donors (Lipinski definition) is 2. The quantitative estimate of drug-likeness (QED) is 0.763. The Morgan fingerprint density at radius 3 is 3.23 bits per heavy atom. The first-order valence-electron chi connectivity index (χ1n) is 3.53. The number of aromatic amines is 1. The molecule has 2 rings (SSSR count). The van der Waals surface area contributed by atoms with E-state index in [0.29, 0.717) is 10.5 Å². The normalized spacial score (nSPS) is 10.2. The molecule has 0 saturated carbocycles. The van der Waals surface area contributed by atoms with E-state index in [4.69, 9.17) is 16.7 Å². The summed E-state index contributed by atoms with van der Waals surface area (Å²) >= 11 is 6.26. The van der Waals surface area contributed by atoms with Crippen LogP contribution in [-0.4, -0.2) is 15.4 Å². The SMILES string of the molecule is S=c1[nH]nc(NCc2ccno2)s1. The molecule has 0 aliphatic rings. The molecule has 0 bridgehead atoms. The van der Waals surface area contributed by atoms with E-state index in [1.54, 1.807) is 12.3 Å². The molecule has 2 N–H and O–H groups in total. The Bertz CT molecular complexity index is 418. The molecule has 0 amide bonds. The molecule has 2 aromatic heterocycles. The predicted octanol–water partition coefficient (Wildman–Crippen LogP) is 1.80. The third-order valence-corrected chi connectivity index (χ3v) is 2.39. The Balaban J connectivity index is 1.97. The van der Waals surface area contributed by atoms with Gasteiger partial charge in [-0.3, -0.25) is 5.10 Å². The lowest BCUT2D eigenvalue weighted by Crippen LogP contribution is -1.97. The van der Waals surface area contributed by atoms with Gasteiger partial charge in [-0.15, -0.1) is 5.10 Å². The highest BCUT2D eigenvalue weighted by Crippen LogP contribution is 2.11. The molecule has 0 atom stereocenters. The zero-order valence-corrected chi connectivity index (χ0v) is 8.11. The number of H-pyrrole nitrogens is 1. The third kappa shape index (κ3) is 2.13. The average molecular weight is 214 g/mol. The summed E-state index contributed by atoms with van der Waals surface area (Å²) in [4.78, 5) is 0. The lowest BCUT2D eigenvalue weighted by atomic mass is 10.5. The average Bonchev–Trinajstić information content (AvgIpc) is 2.71. The second kappa shape index (κ2) is 3.67. The van der Waals surface area contributed by atoms with Crippen LogP contribution in [0.15, 0.2) is 16.8 Å². The standard InChI is InChI=1S/C6H6N4OS2/c12-6-10-9-5(13-6)7-3-4-1-2-8-11-4/h1-2H,3H2,(H,7,9)(H,10,12). The van der Waals surface area contributed by atoms with Gasteiger partial charge in [0.15, 0.2) is 9.71 Å². The monoisotopic (exact) mass is 214 g/mol. The second-order valence-corrected chi connectivity index (χ2v) is 3.92. The van der Waals surface area contributed by atoms with E-state index in [0.717, 1.165) is 10.9 Å². The molecule has 0 fully saturated rings. The van der Waals surface area contributed by atoms with Gasteiger partial charge in [0.1, 0.15) is 0 Å². The Morgan fingerprint density at radius 1 is 1.69 bits per heavy atom. The molecule has 0 aromatic carbocycles. The Kier molecular flexibility index (Phi) is 2.37. The molecule has 0 spiro atoms. The topological polar surface area (TPSA) is 66.7 Å². The van der Waals surface area contributed by atoms with Gasteiger partial charge < -0.3 is 9.84 Å². The summed E-state index contributed by atoms with van der Waals surface area (Å²) in [7, 11) is 0. The van der Waals surface area contributed by atoms with Gasteiger partial charge in [0.25, 0.3) is 0 Å². The van der Waals surface area contributed by atoms with Gasteiger partial charge in [-0.25, -0.2) is 0 Å². The van der Waals surface area contributed by atoms with Crippen molar-refractivity contribution >= 4 is 28.7 Å². The number of anilines is 1. The van der Waals surface area contributed by atoms with Crippen molar-refractivity contribution in [3.8, 4) is 0 Å². The molecule has 0 aliphatic heterocycles. The van der Waals surface area contributed by atoms with Crippen molar-refractivity contribution in [2.75, 3.05) is 5.32 Å². The Hall–Kier alpha value is -1.21. The Labute approximate surface area is 82.8 Å². The van der Waals surface area contributed by atoms with E-state index in [9.17, 15) is 0 Å². The zero-order chi connectivity index (χ0) is 9.10. The first-order chi connectivity index (χ1) is 6.34. The first kappa shape index (κ1) is 8.39. The minimum Gasteiger partial charge on any atom is -0.360 e. The second-order valence-electron chi connectivity index (χ2n) is 2.25. The molecular weight excluding hydrogens is 208 g/mol. The summed E-state index contributed by atoms with van der Waals surface area (Å²) in [6.45, 7) is 0.566. The first-order valence-corrected chi connectivity index (χ1v) is 4.76. The number of nitrogens with zero attached hydrogens (tertiary/aromatic N) is 2. The highest BCUT2D eigenvalue weighted by molar-refractivity contribution is 7.73. The van der Waals surface area contributed by atoms with Crippen molar-refractivity contribution < 1.29 is 4.52 Å². The number of hydrogen-bond acceptors (Lipinski definition) is 6. The minimum atomic E-state index is 0.566. The molecule has 0 saturated heterocycles. The maximum atomic E-state index is 4.89. The molecule has 13 heavy (non-hydrogen) atoms. The summed E-state index contributed by atoms with van der Waals surface area (Å²) in [5, 5.41) is 14.0. The van der Waals surface area contributed by atoms with Gasteiger partial charge in [0.05, 0.1) is 12.7 Å². The number of nitrogens with one attached hydrogen (secondary N) is 2. The summed E-state index contributed by atoms with van der Waals surface area (Å²) in [6.07, 6.45) is 1.60. The van der Waals surface area contributed by atoms with Crippen LogP contribution >= 0.6 is 23.6 Å². The minimum absolute atomic E-state index is 0.566. The summed E-state index contributed by atoms with van der Waals surface area (Å²) in [5.74, 6) is 0.765. The number of aromatic nitrogens is 3. The fourth-order valence-electron chi connectivity index (χ4n) is 0.802. The van der Waals surface area contributed by atoms with Gasteiger partial charge in [-0.2, -0.15) is 0 Å². The van der Waals surface area contributed by atoms with Crippen molar-refractivity contribution in [2.45, 2.75) is 6.54 Å². The van der Waals surface area contributed by atoms with Gasteiger partial charge in [-0.05, 0) is 12.2 Å². The van der Waals surface area contributed by atoms with Crippen molar-refractivity contribution in [1.82, 2.24) is 15.4 Å². The lowest BCUT2D eigenvalue weighted by Gasteiger charge is -1.95. The van der Waals surface area contributed by atoms with E-state index in [1.807, 2.05) is 0 Å². The molecular formula is C6H6N4OS2. The van der Waals surface area contributed by atoms with E-state index in [2.05, 4.69) is 20.7 Å². The maximum absolute atomic E-state index is 4.89. The van der Waals surface area contributed by atoms with Gasteiger partial charge in [0, 0.05) is 6.07 Å². The van der Waals surface area contributed by atoms with Crippen LogP contribution in [-0.2, 0) is 6.54 Å². The summed E-state index contributed by atoms with van der Waals surface area (Å²) in [6, 6.07) is 1.79. The largest absolute Gasteiger partial charge is 0.360 e. The fourth-order valence-corrected chi connectivity index (χ4v) is 1.59. The molecule has 0 radical (unpaired) electrons. The van der Waals surface area contributed by atoms with Crippen LogP contribution in [0.25, 0.3) is 0 Å². The van der Waals surface area contributed by atoms with Gasteiger partial charge in [0.2, 0.25) is 5.13 Å². The van der Waals surface area contributed by atoms with Crippen LogP contribution < -0.4 is 5.32 Å². The molecule has 0 unspecified atom stereocenters. The summed E-state index contributed by atoms with van der Waals surface area (Å²) in [5.41, 5.74) is 0. The van der Waals surface area contributed by atoms with Crippen molar-refractivity contribution in [3.05, 3.63) is 22.0 Å². The summed E-state index contributed by atoms with van der Waals surface area (Å²) < 4.78 is 5.54. The Morgan fingerprint density at radius 2 is 2.62 bits per heavy atom. The van der Waals surface area contributed by atoms with Crippen molar-refractivity contribution in [3.63, 3.8) is 0 Å². The fraction of sp³-hybridized carbons (Fsp3) is 0.167. The number of rotatable bonds is 3. The molecule has 2 aromatic rings. The molecule has 0 aliphatic carbocycles. The van der Waals surface area contributed by atoms with E-state index in [-0.39, 0.29) is 0 Å². The third-order valence-electron chi connectivity index (χ3n) is 1.34. The van der Waals surface area contributed by atoms with E-state index >= 15 is 0 Å². The van der Waals surface area contributed by atoms with Crippen LogP contribution in [0.1, 0.15) is 5.76 Å². The van der Waals surface area contributed by atoms with E-state index in [1.165, 1.54) is 11.3 Å². The van der Waals surface area contributed by atoms with Crippen LogP contribution in [0.2, 0.25) is 0 Å². The van der Waals surface area contributed by atoms with E-state index < -0.39 is 0 Å². The molecule has 2 heterocycles. The smallest absolute Gasteiger partial charge is 0.204 e. The predicted molar refractivity (Wildman–Crippen MR) is 51.1 cm³/mol. The van der Waals surface area contributed by atoms with Crippen molar-refractivity contribution in [2.24, 2.45) is 0 Å². The maximum Gasteiger partial charge on any atom is 0.204 e. The molecule has 7 heteroatoms. The zero-order valence-electron chi connectivity index (χ0n) is 6.48. The lowest BCUT2D eigenvalue weighted by molar-refractivity contribution is 0.388. The van der Waals surface area contributed by atoms with Crippen LogP contribution in [0, 0.1) is 3.95 Å². The van der Waals surface area contributed by atoms with Crippen LogP contribution in [0.4, 0.5) is 5.13 Å². The molecule has 5 nitrogen and oxygen atoms in total. The highest BCUT2D eigenvalue weighted by Gasteiger charge is 1.99.